The number of halogens is 3. The number of hydrogen-bond donors (Lipinski definition) is 0. The smallest absolute Gasteiger partial charge is 0.416 e. The van der Waals surface area contributed by atoms with Crippen molar-refractivity contribution < 1.29 is 22.7 Å². The molecule has 0 fully saturated rings. The number of hydrogen-bond acceptors (Lipinski definition) is 4. The zero-order valence-electron chi connectivity index (χ0n) is 15.9. The van der Waals surface area contributed by atoms with E-state index in [4.69, 9.17) is 4.74 Å². The Balaban J connectivity index is 1.55. The third-order valence-corrected chi connectivity index (χ3v) is 4.82. The van der Waals surface area contributed by atoms with Gasteiger partial charge < -0.3 is 9.64 Å². The van der Waals surface area contributed by atoms with E-state index in [9.17, 15) is 18.0 Å². The molecule has 1 aromatic heterocycles. The first-order valence-electron chi connectivity index (χ1n) is 9.37. The molecule has 5 nitrogen and oxygen atoms in total. The lowest BCUT2D eigenvalue weighted by Crippen LogP contribution is -2.32. The molecule has 0 bridgehead atoms. The number of carbonyl (C=O) groups excluding carboxylic acids is 1. The summed E-state index contributed by atoms with van der Waals surface area (Å²) < 4.78 is 44.0. The highest BCUT2D eigenvalue weighted by Gasteiger charge is 2.30. The average molecular weight is 413 g/mol. The Kier molecular flexibility index (Phi) is 5.39. The average Bonchev–Trinajstić information content (AvgIpc) is 2.88. The van der Waals surface area contributed by atoms with Crippen molar-refractivity contribution in [2.45, 2.75) is 19.1 Å². The van der Waals surface area contributed by atoms with Crippen molar-refractivity contribution in [3.05, 3.63) is 89.0 Å². The third kappa shape index (κ3) is 4.42. The van der Waals surface area contributed by atoms with Crippen LogP contribution in [0.3, 0.4) is 0 Å². The topological polar surface area (TPSA) is 55.3 Å². The molecule has 0 spiro atoms. The van der Waals surface area contributed by atoms with Gasteiger partial charge in [-0.25, -0.2) is 9.97 Å². The van der Waals surface area contributed by atoms with E-state index >= 15 is 0 Å². The molecule has 154 valence electrons. The number of ether oxygens (including phenoxy) is 1. The van der Waals surface area contributed by atoms with Gasteiger partial charge in [0.15, 0.2) is 0 Å². The van der Waals surface area contributed by atoms with Crippen LogP contribution in [0.4, 0.5) is 13.2 Å². The fraction of sp³-hybridized carbons (Fsp3) is 0.227. The fourth-order valence-corrected chi connectivity index (χ4v) is 3.30. The summed E-state index contributed by atoms with van der Waals surface area (Å²) in [6, 6.07) is 12.0. The molecule has 2 heterocycles. The van der Waals surface area contributed by atoms with Crippen LogP contribution in [0.5, 0.6) is 5.75 Å². The van der Waals surface area contributed by atoms with Crippen molar-refractivity contribution in [2.24, 2.45) is 0 Å². The molecule has 0 saturated heterocycles. The molecule has 1 amide bonds. The molecule has 0 N–H and O–H groups in total. The molecule has 8 heteroatoms. The second-order valence-electron chi connectivity index (χ2n) is 6.94. The van der Waals surface area contributed by atoms with Gasteiger partial charge in [0.25, 0.3) is 5.91 Å². The Labute approximate surface area is 171 Å². The summed E-state index contributed by atoms with van der Waals surface area (Å²) in [6.07, 6.45) is -0.715. The van der Waals surface area contributed by atoms with Gasteiger partial charge in [-0.1, -0.05) is 18.2 Å². The van der Waals surface area contributed by atoms with Gasteiger partial charge in [-0.2, -0.15) is 13.2 Å². The first-order chi connectivity index (χ1) is 14.4. The molecule has 0 saturated carbocycles. The Morgan fingerprint density at radius 2 is 1.70 bits per heavy atom. The van der Waals surface area contributed by atoms with Crippen LogP contribution >= 0.6 is 0 Å². The summed E-state index contributed by atoms with van der Waals surface area (Å²) >= 11 is 0. The minimum Gasteiger partial charge on any atom is -0.491 e. The Hall–Kier alpha value is -3.42. The van der Waals surface area contributed by atoms with Gasteiger partial charge in [-0.05, 0) is 47.9 Å². The van der Waals surface area contributed by atoms with E-state index in [0.29, 0.717) is 36.7 Å². The van der Waals surface area contributed by atoms with E-state index in [1.807, 2.05) is 6.07 Å². The van der Waals surface area contributed by atoms with E-state index in [1.54, 1.807) is 35.5 Å². The lowest BCUT2D eigenvalue weighted by molar-refractivity contribution is -0.137. The summed E-state index contributed by atoms with van der Waals surface area (Å²) in [5, 5.41) is 0. The lowest BCUT2D eigenvalue weighted by Gasteiger charge is -2.19. The molecule has 0 aliphatic carbocycles. The maximum Gasteiger partial charge on any atom is 0.416 e. The zero-order chi connectivity index (χ0) is 21.1. The molecule has 0 radical (unpaired) electrons. The summed E-state index contributed by atoms with van der Waals surface area (Å²) in [4.78, 5) is 23.0. The molecule has 3 aromatic rings. The fourth-order valence-electron chi connectivity index (χ4n) is 3.30. The number of rotatable bonds is 4. The molecule has 2 aromatic carbocycles. The number of amides is 1. The van der Waals surface area contributed by atoms with Gasteiger partial charge in [0, 0.05) is 12.4 Å². The number of aromatic nitrogens is 2. The number of nitrogens with zero attached hydrogens (tertiary/aromatic N) is 3. The predicted octanol–water partition coefficient (Wildman–Crippen LogP) is 4.12. The van der Waals surface area contributed by atoms with Crippen molar-refractivity contribution in [2.75, 3.05) is 13.2 Å². The highest BCUT2D eigenvalue weighted by atomic mass is 19.4. The maximum absolute atomic E-state index is 13.1. The van der Waals surface area contributed by atoms with E-state index < -0.39 is 11.7 Å². The van der Waals surface area contributed by atoms with Gasteiger partial charge in [0.2, 0.25) is 0 Å². The van der Waals surface area contributed by atoms with Gasteiger partial charge in [0.05, 0.1) is 24.2 Å². The molecule has 1 aliphatic heterocycles. The van der Waals surface area contributed by atoms with E-state index in [1.165, 1.54) is 12.1 Å². The first-order valence-corrected chi connectivity index (χ1v) is 9.37. The minimum absolute atomic E-state index is 0.191. The van der Waals surface area contributed by atoms with Crippen molar-refractivity contribution >= 4 is 5.91 Å². The van der Waals surface area contributed by atoms with Crippen molar-refractivity contribution in [3.63, 3.8) is 0 Å². The molecule has 0 unspecified atom stereocenters. The molecular formula is C22H18F3N3O2. The minimum atomic E-state index is -4.36. The summed E-state index contributed by atoms with van der Waals surface area (Å²) in [7, 11) is 0. The second-order valence-corrected chi connectivity index (χ2v) is 6.94. The Morgan fingerprint density at radius 3 is 2.40 bits per heavy atom. The van der Waals surface area contributed by atoms with Gasteiger partial charge in [-0.3, -0.25) is 4.79 Å². The number of alkyl halides is 3. The number of fused-ring (bicyclic) bond motifs is 1. The lowest BCUT2D eigenvalue weighted by atomic mass is 10.0. The van der Waals surface area contributed by atoms with Gasteiger partial charge in [0.1, 0.15) is 18.2 Å². The molecule has 4 rings (SSSR count). The highest BCUT2D eigenvalue weighted by molar-refractivity contribution is 5.97. The van der Waals surface area contributed by atoms with E-state index in [2.05, 4.69) is 9.97 Å². The van der Waals surface area contributed by atoms with Crippen molar-refractivity contribution in [3.8, 4) is 5.75 Å². The van der Waals surface area contributed by atoms with Crippen LogP contribution in [0.15, 0.2) is 60.9 Å². The molecule has 30 heavy (non-hydrogen) atoms. The second kappa shape index (κ2) is 8.14. The van der Waals surface area contributed by atoms with Crippen LogP contribution in [-0.2, 0) is 19.1 Å². The van der Waals surface area contributed by atoms with Crippen molar-refractivity contribution in [1.82, 2.24) is 14.9 Å². The monoisotopic (exact) mass is 413 g/mol. The zero-order valence-corrected chi connectivity index (χ0v) is 15.9. The third-order valence-electron chi connectivity index (χ3n) is 4.82. The maximum atomic E-state index is 13.1. The normalized spacial score (nSPS) is 14.1. The van der Waals surface area contributed by atoms with Crippen LogP contribution in [0.25, 0.3) is 0 Å². The van der Waals surface area contributed by atoms with Gasteiger partial charge in [-0.15, -0.1) is 0 Å². The summed E-state index contributed by atoms with van der Waals surface area (Å²) in [6.45, 7) is 1.02. The predicted molar refractivity (Wildman–Crippen MR) is 103 cm³/mol. The van der Waals surface area contributed by atoms with Crippen LogP contribution in [0, 0.1) is 0 Å². The highest BCUT2D eigenvalue weighted by Crippen LogP contribution is 2.30. The molecule has 1 aliphatic rings. The van der Waals surface area contributed by atoms with Crippen LogP contribution < -0.4 is 4.74 Å². The number of carbonyl (C=O) groups is 1. The Bertz CT molecular complexity index is 1040. The summed E-state index contributed by atoms with van der Waals surface area (Å²) in [5.41, 5.74) is 1.27. The van der Waals surface area contributed by atoms with Crippen molar-refractivity contribution in [1.29, 1.82) is 0 Å². The first kappa shape index (κ1) is 19.9. The van der Waals surface area contributed by atoms with Gasteiger partial charge >= 0.3 is 6.18 Å². The standard InChI is InChI=1S/C22H18F3N3O2/c23-22(24,25)17-5-2-15(3-6-17)12-16-4-7-19-18(13-16)21(29)28(10-11-30-19)14-20-26-8-1-9-27-20/h1-9,13H,10-12,14H2. The molecule has 0 atom stereocenters. The number of benzene rings is 2. The largest absolute Gasteiger partial charge is 0.491 e. The van der Waals surface area contributed by atoms with E-state index in [-0.39, 0.29) is 12.5 Å². The van der Waals surface area contributed by atoms with Crippen LogP contribution in [0.1, 0.15) is 32.9 Å². The quantitative estimate of drug-likeness (QED) is 0.646. The molecular weight excluding hydrogens is 395 g/mol. The Morgan fingerprint density at radius 1 is 1.00 bits per heavy atom. The van der Waals surface area contributed by atoms with Crippen LogP contribution in [-0.4, -0.2) is 33.9 Å². The summed E-state index contributed by atoms with van der Waals surface area (Å²) in [5.74, 6) is 0.840. The van der Waals surface area contributed by atoms with E-state index in [0.717, 1.165) is 23.3 Å². The SMILES string of the molecule is O=C1c2cc(Cc3ccc(C(F)(F)F)cc3)ccc2OCCN1Cc1ncccn1. The van der Waals surface area contributed by atoms with Crippen LogP contribution in [0.2, 0.25) is 0 Å².